The van der Waals surface area contributed by atoms with E-state index in [9.17, 15) is 10.1 Å². The molecule has 0 amide bonds. The molecule has 19 heavy (non-hydrogen) atoms. The van der Waals surface area contributed by atoms with Crippen LogP contribution in [0.4, 0.5) is 11.4 Å². The molecule has 106 valence electrons. The average molecular weight is 265 g/mol. The van der Waals surface area contributed by atoms with Crippen LogP contribution in [0.5, 0.6) is 0 Å². The third-order valence-electron chi connectivity index (χ3n) is 3.62. The fraction of sp³-hybridized carbons (Fsp3) is 0.571. The van der Waals surface area contributed by atoms with E-state index in [1.807, 2.05) is 13.1 Å². The van der Waals surface area contributed by atoms with Crippen LogP contribution in [0.1, 0.15) is 26.3 Å². The first-order valence-corrected chi connectivity index (χ1v) is 6.52. The van der Waals surface area contributed by atoms with E-state index in [1.54, 1.807) is 19.2 Å². The van der Waals surface area contributed by atoms with Crippen molar-refractivity contribution >= 4 is 11.4 Å². The van der Waals surface area contributed by atoms with E-state index in [1.165, 1.54) is 0 Å². The molecule has 5 heteroatoms. The lowest BCUT2D eigenvalue weighted by molar-refractivity contribution is -0.384. The van der Waals surface area contributed by atoms with Gasteiger partial charge in [-0.15, -0.1) is 0 Å². The van der Waals surface area contributed by atoms with E-state index in [2.05, 4.69) is 31.0 Å². The van der Waals surface area contributed by atoms with E-state index in [0.29, 0.717) is 24.2 Å². The summed E-state index contributed by atoms with van der Waals surface area (Å²) >= 11 is 0. The molecule has 1 atom stereocenters. The number of hydrogen-bond acceptors (Lipinski definition) is 4. The minimum Gasteiger partial charge on any atom is -0.383 e. The Balaban J connectivity index is 2.91. The highest BCUT2D eigenvalue weighted by Crippen LogP contribution is 2.26. The highest BCUT2D eigenvalue weighted by Gasteiger charge is 2.17. The maximum absolute atomic E-state index is 11.0. The number of rotatable bonds is 6. The molecule has 1 N–H and O–H groups in total. The quantitative estimate of drug-likeness (QED) is 0.634. The molecule has 0 bridgehead atoms. The number of nitrogens with one attached hydrogen (secondary N) is 1. The fourth-order valence-corrected chi connectivity index (χ4v) is 1.98. The Morgan fingerprint density at radius 3 is 2.47 bits per heavy atom. The molecule has 0 aliphatic rings. The molecular formula is C14H23N3O2. The normalized spacial score (nSPS) is 12.8. The molecule has 0 saturated heterocycles. The van der Waals surface area contributed by atoms with Crippen molar-refractivity contribution in [2.75, 3.05) is 19.4 Å². The van der Waals surface area contributed by atoms with Crippen LogP contribution in [-0.4, -0.2) is 30.0 Å². The number of nitro benzene ring substituents is 1. The Kier molecular flexibility index (Phi) is 5.30. The zero-order valence-corrected chi connectivity index (χ0v) is 12.3. The number of nitrogens with zero attached hydrogens (tertiary/aromatic N) is 2. The predicted octanol–water partition coefficient (Wildman–Crippen LogP) is 3.11. The number of anilines is 1. The van der Waals surface area contributed by atoms with Crippen LogP contribution in [0.15, 0.2) is 18.2 Å². The van der Waals surface area contributed by atoms with Crippen molar-refractivity contribution in [3.8, 4) is 0 Å². The minimum atomic E-state index is -0.346. The molecule has 1 aromatic rings. The average Bonchev–Trinajstić information content (AvgIpc) is 2.37. The highest BCUT2D eigenvalue weighted by atomic mass is 16.6. The first-order chi connectivity index (χ1) is 8.86. The summed E-state index contributed by atoms with van der Waals surface area (Å²) < 4.78 is 0. The zero-order valence-electron chi connectivity index (χ0n) is 12.3. The van der Waals surface area contributed by atoms with Gasteiger partial charge in [-0.05, 0) is 31.5 Å². The van der Waals surface area contributed by atoms with Gasteiger partial charge in [0, 0.05) is 25.7 Å². The maximum atomic E-state index is 11.0. The van der Waals surface area contributed by atoms with Crippen LogP contribution in [0.2, 0.25) is 0 Å². The van der Waals surface area contributed by atoms with Gasteiger partial charge in [0.25, 0.3) is 5.69 Å². The largest absolute Gasteiger partial charge is 0.383 e. The summed E-state index contributed by atoms with van der Waals surface area (Å²) in [5, 5.41) is 13.9. The van der Waals surface area contributed by atoms with Gasteiger partial charge in [-0.2, -0.15) is 0 Å². The van der Waals surface area contributed by atoms with Gasteiger partial charge in [0.15, 0.2) is 0 Å². The standard InChI is InChI=1S/C14H23N3O2/c1-10(2)11(3)16(5)9-12-6-7-13(15-4)14(8-12)17(18)19/h6-8,10-11,15H,9H2,1-5H3. The summed E-state index contributed by atoms with van der Waals surface area (Å²) in [6.07, 6.45) is 0. The predicted molar refractivity (Wildman–Crippen MR) is 78.4 cm³/mol. The summed E-state index contributed by atoms with van der Waals surface area (Å²) in [5.41, 5.74) is 1.64. The van der Waals surface area contributed by atoms with Gasteiger partial charge in [-0.3, -0.25) is 15.0 Å². The third-order valence-corrected chi connectivity index (χ3v) is 3.62. The first-order valence-electron chi connectivity index (χ1n) is 6.52. The number of nitro groups is 1. The molecule has 0 radical (unpaired) electrons. The van der Waals surface area contributed by atoms with Crippen LogP contribution in [0, 0.1) is 16.0 Å². The lowest BCUT2D eigenvalue weighted by Gasteiger charge is -2.27. The Morgan fingerprint density at radius 1 is 1.37 bits per heavy atom. The first kappa shape index (κ1) is 15.4. The molecule has 0 saturated carbocycles. The van der Waals surface area contributed by atoms with Crippen molar-refractivity contribution in [1.82, 2.24) is 4.90 Å². The lowest BCUT2D eigenvalue weighted by Crippen LogP contribution is -2.32. The van der Waals surface area contributed by atoms with Crippen LogP contribution in [0.3, 0.4) is 0 Å². The van der Waals surface area contributed by atoms with E-state index < -0.39 is 0 Å². The Labute approximate surface area is 114 Å². The molecule has 0 fully saturated rings. The van der Waals surface area contributed by atoms with Gasteiger partial charge in [0.05, 0.1) is 4.92 Å². The summed E-state index contributed by atoms with van der Waals surface area (Å²) in [7, 11) is 3.73. The van der Waals surface area contributed by atoms with Crippen molar-refractivity contribution in [3.63, 3.8) is 0 Å². The Hall–Kier alpha value is -1.62. The second-order valence-corrected chi connectivity index (χ2v) is 5.26. The van der Waals surface area contributed by atoms with Gasteiger partial charge in [-0.25, -0.2) is 0 Å². The smallest absolute Gasteiger partial charge is 0.292 e. The lowest BCUT2D eigenvalue weighted by atomic mass is 10.0. The molecule has 0 aromatic heterocycles. The molecule has 0 heterocycles. The van der Waals surface area contributed by atoms with E-state index in [-0.39, 0.29) is 10.6 Å². The van der Waals surface area contributed by atoms with Gasteiger partial charge in [0.1, 0.15) is 5.69 Å². The second kappa shape index (κ2) is 6.52. The molecule has 0 spiro atoms. The van der Waals surface area contributed by atoms with Crippen LogP contribution in [0.25, 0.3) is 0 Å². The topological polar surface area (TPSA) is 58.4 Å². The van der Waals surface area contributed by atoms with Crippen molar-refractivity contribution in [2.24, 2.45) is 5.92 Å². The van der Waals surface area contributed by atoms with E-state index in [0.717, 1.165) is 5.56 Å². The monoisotopic (exact) mass is 265 g/mol. The van der Waals surface area contributed by atoms with E-state index in [4.69, 9.17) is 0 Å². The Morgan fingerprint density at radius 2 is 2.00 bits per heavy atom. The van der Waals surface area contributed by atoms with Crippen LogP contribution in [-0.2, 0) is 6.54 Å². The highest BCUT2D eigenvalue weighted by molar-refractivity contribution is 5.62. The molecule has 0 aliphatic carbocycles. The SMILES string of the molecule is CNc1ccc(CN(C)C(C)C(C)C)cc1[N+](=O)[O-]. The van der Waals surface area contributed by atoms with Gasteiger partial charge >= 0.3 is 0 Å². The molecule has 5 nitrogen and oxygen atoms in total. The van der Waals surface area contributed by atoms with Gasteiger partial charge in [-0.1, -0.05) is 19.9 Å². The Bertz CT molecular complexity index is 446. The summed E-state index contributed by atoms with van der Waals surface area (Å²) in [6.45, 7) is 7.23. The summed E-state index contributed by atoms with van der Waals surface area (Å²) in [5.74, 6) is 0.552. The summed E-state index contributed by atoms with van der Waals surface area (Å²) in [6, 6.07) is 5.78. The number of hydrogen-bond donors (Lipinski definition) is 1. The van der Waals surface area contributed by atoms with Crippen molar-refractivity contribution in [3.05, 3.63) is 33.9 Å². The zero-order chi connectivity index (χ0) is 14.6. The van der Waals surface area contributed by atoms with Crippen molar-refractivity contribution < 1.29 is 4.92 Å². The molecule has 1 rings (SSSR count). The molecular weight excluding hydrogens is 242 g/mol. The van der Waals surface area contributed by atoms with Gasteiger partial charge in [0.2, 0.25) is 0 Å². The van der Waals surface area contributed by atoms with Crippen molar-refractivity contribution in [1.29, 1.82) is 0 Å². The fourth-order valence-electron chi connectivity index (χ4n) is 1.98. The maximum Gasteiger partial charge on any atom is 0.292 e. The molecule has 1 unspecified atom stereocenters. The number of benzene rings is 1. The molecule has 0 aliphatic heterocycles. The van der Waals surface area contributed by atoms with Gasteiger partial charge < -0.3 is 5.32 Å². The van der Waals surface area contributed by atoms with E-state index >= 15 is 0 Å². The minimum absolute atomic E-state index is 0.130. The van der Waals surface area contributed by atoms with Crippen molar-refractivity contribution in [2.45, 2.75) is 33.4 Å². The van der Waals surface area contributed by atoms with Crippen LogP contribution >= 0.6 is 0 Å². The van der Waals surface area contributed by atoms with Crippen LogP contribution < -0.4 is 5.32 Å². The second-order valence-electron chi connectivity index (χ2n) is 5.26. The third kappa shape index (κ3) is 3.92. The molecule has 1 aromatic carbocycles. The summed E-state index contributed by atoms with van der Waals surface area (Å²) in [4.78, 5) is 12.9.